The van der Waals surface area contributed by atoms with Crippen molar-refractivity contribution in [1.29, 1.82) is 0 Å². The van der Waals surface area contributed by atoms with Crippen LogP contribution >= 0.6 is 0 Å². The number of fused-ring (bicyclic) bond motifs is 1. The number of aromatic nitrogens is 3. The molecular formula is C32H37F2N7O2. The SMILES string of the molecule is C=CC(=O)N1[C@H](C)CN(c2nc(=O)n(C3=C(C(C)C)N(C)CC=C3C)c3nc(-c4c(N)cccc4F)c(F)cc23)C[C@@H]1C. The Morgan fingerprint density at radius 2 is 1.81 bits per heavy atom. The molecule has 3 aromatic rings. The van der Waals surface area contributed by atoms with Crippen LogP contribution in [0.5, 0.6) is 0 Å². The zero-order chi connectivity index (χ0) is 31.3. The number of anilines is 2. The lowest BCUT2D eigenvalue weighted by Crippen LogP contribution is -2.58. The third-order valence-corrected chi connectivity index (χ3v) is 8.20. The van der Waals surface area contributed by atoms with Gasteiger partial charge in [-0.05, 0) is 56.5 Å². The zero-order valence-corrected chi connectivity index (χ0v) is 25.4. The number of hydrogen-bond acceptors (Lipinski definition) is 7. The highest BCUT2D eigenvalue weighted by Crippen LogP contribution is 2.37. The number of nitrogens with zero attached hydrogens (tertiary/aromatic N) is 6. The molecule has 43 heavy (non-hydrogen) atoms. The number of benzene rings is 1. The standard InChI is InChI=1S/C32H37F2N7O2/c1-8-25(42)40-19(5)15-39(16-20(40)6)30-21-14-23(34)27(26-22(33)10-9-11-24(26)35)36-31(21)41(32(43)37-30)29-18(4)12-13-38(7)28(29)17(2)3/h8-12,14,17,19-20H,1,13,15-16,35H2,2-7H3/t19-,20+. The van der Waals surface area contributed by atoms with Crippen LogP contribution in [-0.2, 0) is 4.79 Å². The number of carbonyl (C=O) groups is 1. The summed E-state index contributed by atoms with van der Waals surface area (Å²) in [6, 6.07) is 4.88. The number of piperazine rings is 1. The van der Waals surface area contributed by atoms with Gasteiger partial charge in [0.2, 0.25) is 5.91 Å². The minimum absolute atomic E-state index is 0.0233. The van der Waals surface area contributed by atoms with Gasteiger partial charge in [-0.3, -0.25) is 4.79 Å². The predicted octanol–water partition coefficient (Wildman–Crippen LogP) is 4.65. The molecule has 2 aromatic heterocycles. The maximum Gasteiger partial charge on any atom is 0.355 e. The van der Waals surface area contributed by atoms with Gasteiger partial charge in [0, 0.05) is 50.2 Å². The van der Waals surface area contributed by atoms with Gasteiger partial charge in [0.25, 0.3) is 0 Å². The van der Waals surface area contributed by atoms with Gasteiger partial charge < -0.3 is 20.4 Å². The fourth-order valence-corrected chi connectivity index (χ4v) is 6.41. The summed E-state index contributed by atoms with van der Waals surface area (Å²) in [5.74, 6) is -1.44. The van der Waals surface area contributed by atoms with Gasteiger partial charge in [-0.2, -0.15) is 4.98 Å². The molecule has 5 rings (SSSR count). The summed E-state index contributed by atoms with van der Waals surface area (Å²) in [6.45, 7) is 14.7. The molecule has 1 amide bonds. The average molecular weight is 590 g/mol. The first-order valence-corrected chi connectivity index (χ1v) is 14.4. The fraction of sp³-hybridized carbons (Fsp3) is 0.375. The molecule has 2 N–H and O–H groups in total. The van der Waals surface area contributed by atoms with Crippen LogP contribution in [0.4, 0.5) is 20.3 Å². The lowest BCUT2D eigenvalue weighted by molar-refractivity contribution is -0.130. The highest BCUT2D eigenvalue weighted by Gasteiger charge is 2.35. The molecular weight excluding hydrogens is 552 g/mol. The number of allylic oxidation sites excluding steroid dienone is 3. The summed E-state index contributed by atoms with van der Waals surface area (Å²) in [4.78, 5) is 41.5. The fourth-order valence-electron chi connectivity index (χ4n) is 6.41. The van der Waals surface area contributed by atoms with Crippen molar-refractivity contribution in [2.75, 3.05) is 37.3 Å². The Morgan fingerprint density at radius 3 is 2.42 bits per heavy atom. The monoisotopic (exact) mass is 589 g/mol. The van der Waals surface area contributed by atoms with E-state index in [1.165, 1.54) is 34.9 Å². The quantitative estimate of drug-likeness (QED) is 0.342. The molecule has 1 saturated heterocycles. The Hall–Kier alpha value is -4.54. The van der Waals surface area contributed by atoms with E-state index in [1.807, 2.05) is 52.6 Å². The van der Waals surface area contributed by atoms with Crippen molar-refractivity contribution in [1.82, 2.24) is 24.3 Å². The smallest absolute Gasteiger partial charge is 0.355 e. The summed E-state index contributed by atoms with van der Waals surface area (Å²) in [5, 5.41) is 0.287. The largest absolute Gasteiger partial charge is 0.398 e. The number of pyridine rings is 1. The maximum atomic E-state index is 16.0. The van der Waals surface area contributed by atoms with Gasteiger partial charge in [0.05, 0.1) is 16.6 Å². The first kappa shape index (κ1) is 29.9. The van der Waals surface area contributed by atoms with E-state index in [9.17, 15) is 9.59 Å². The van der Waals surface area contributed by atoms with E-state index in [4.69, 9.17) is 5.73 Å². The normalized spacial score (nSPS) is 19.4. The molecule has 1 fully saturated rings. The lowest BCUT2D eigenvalue weighted by Gasteiger charge is -2.44. The number of likely N-dealkylation sites (N-methyl/N-ethyl adjacent to an activating group) is 1. The topological polar surface area (TPSA) is 101 Å². The molecule has 9 nitrogen and oxygen atoms in total. The van der Waals surface area contributed by atoms with E-state index in [2.05, 4.69) is 21.4 Å². The molecule has 2 atom stereocenters. The van der Waals surface area contributed by atoms with Crippen molar-refractivity contribution < 1.29 is 13.6 Å². The Kier molecular flexibility index (Phi) is 7.85. The van der Waals surface area contributed by atoms with Crippen LogP contribution in [0, 0.1) is 17.6 Å². The second kappa shape index (κ2) is 11.3. The maximum absolute atomic E-state index is 16.0. The number of rotatable bonds is 5. The van der Waals surface area contributed by atoms with E-state index in [0.29, 0.717) is 25.3 Å². The minimum atomic E-state index is -0.801. The Morgan fingerprint density at radius 1 is 1.14 bits per heavy atom. The summed E-state index contributed by atoms with van der Waals surface area (Å²) in [5.41, 5.74) is 7.53. The predicted molar refractivity (Wildman–Crippen MR) is 166 cm³/mol. The van der Waals surface area contributed by atoms with E-state index in [1.54, 1.807) is 4.90 Å². The van der Waals surface area contributed by atoms with Crippen molar-refractivity contribution in [2.45, 2.75) is 46.7 Å². The van der Waals surface area contributed by atoms with Crippen LogP contribution < -0.4 is 16.3 Å². The minimum Gasteiger partial charge on any atom is -0.398 e. The molecule has 2 aliphatic rings. The molecule has 0 unspecified atom stereocenters. The summed E-state index contributed by atoms with van der Waals surface area (Å²) in [7, 11) is 1.94. The van der Waals surface area contributed by atoms with Crippen molar-refractivity contribution in [3.05, 3.63) is 76.4 Å². The average Bonchev–Trinajstić information content (AvgIpc) is 2.93. The number of nitrogens with two attached hydrogens (primary N) is 1. The first-order valence-electron chi connectivity index (χ1n) is 14.4. The van der Waals surface area contributed by atoms with E-state index in [0.717, 1.165) is 11.3 Å². The van der Waals surface area contributed by atoms with Crippen molar-refractivity contribution in [3.8, 4) is 11.3 Å². The van der Waals surface area contributed by atoms with Gasteiger partial charge in [-0.15, -0.1) is 0 Å². The van der Waals surface area contributed by atoms with Gasteiger partial charge in [-0.1, -0.05) is 32.6 Å². The number of carbonyl (C=O) groups excluding carboxylic acids is 1. The molecule has 0 saturated carbocycles. The van der Waals surface area contributed by atoms with E-state index in [-0.39, 0.29) is 57.7 Å². The Labute approximate surface area is 249 Å². The molecule has 1 aromatic carbocycles. The van der Waals surface area contributed by atoms with Crippen LogP contribution in [0.2, 0.25) is 0 Å². The van der Waals surface area contributed by atoms with Crippen LogP contribution in [-0.4, -0.2) is 69.0 Å². The molecule has 226 valence electrons. The highest BCUT2D eigenvalue weighted by molar-refractivity contribution is 5.93. The zero-order valence-electron chi connectivity index (χ0n) is 25.4. The van der Waals surface area contributed by atoms with Gasteiger partial charge in [-0.25, -0.2) is 23.1 Å². The molecule has 0 spiro atoms. The van der Waals surface area contributed by atoms with Gasteiger partial charge in [0.15, 0.2) is 11.5 Å². The van der Waals surface area contributed by atoms with Crippen molar-refractivity contribution in [2.24, 2.45) is 5.92 Å². The molecule has 11 heteroatoms. The van der Waals surface area contributed by atoms with Gasteiger partial charge >= 0.3 is 5.69 Å². The molecule has 0 aliphatic carbocycles. The van der Waals surface area contributed by atoms with Crippen LogP contribution in [0.25, 0.3) is 28.0 Å². The Bertz CT molecular complexity index is 1730. The van der Waals surface area contributed by atoms with Crippen LogP contribution in [0.1, 0.15) is 34.6 Å². The molecule has 0 radical (unpaired) electrons. The highest BCUT2D eigenvalue weighted by atomic mass is 19.1. The third-order valence-electron chi connectivity index (χ3n) is 8.20. The number of amides is 1. The lowest BCUT2D eigenvalue weighted by atomic mass is 9.99. The van der Waals surface area contributed by atoms with E-state index < -0.39 is 17.3 Å². The Balaban J connectivity index is 1.84. The molecule has 4 heterocycles. The molecule has 0 bridgehead atoms. The van der Waals surface area contributed by atoms with Crippen LogP contribution in [0.15, 0.2) is 59.1 Å². The van der Waals surface area contributed by atoms with Gasteiger partial charge in [0.1, 0.15) is 17.3 Å². The summed E-state index contributed by atoms with van der Waals surface area (Å²) >= 11 is 0. The van der Waals surface area contributed by atoms with Crippen molar-refractivity contribution >= 4 is 34.1 Å². The summed E-state index contributed by atoms with van der Waals surface area (Å²) in [6.07, 6.45) is 3.29. The number of halogens is 2. The third kappa shape index (κ3) is 5.06. The summed E-state index contributed by atoms with van der Waals surface area (Å²) < 4.78 is 32.5. The van der Waals surface area contributed by atoms with Crippen LogP contribution in [0.3, 0.4) is 0 Å². The van der Waals surface area contributed by atoms with Crippen molar-refractivity contribution in [3.63, 3.8) is 0 Å². The molecule has 2 aliphatic heterocycles. The first-order chi connectivity index (χ1) is 20.3. The number of nitrogen functional groups attached to an aromatic ring is 1. The second-order valence-electron chi connectivity index (χ2n) is 11.7. The number of hydrogen-bond donors (Lipinski definition) is 1. The van der Waals surface area contributed by atoms with E-state index >= 15 is 8.78 Å². The second-order valence-corrected chi connectivity index (χ2v) is 11.7.